The molecule has 2 fully saturated rings. The fourth-order valence-corrected chi connectivity index (χ4v) is 6.28. The summed E-state index contributed by atoms with van der Waals surface area (Å²) in [6, 6.07) is 29.3. The molecule has 53 heavy (non-hydrogen) atoms. The molecule has 0 unspecified atom stereocenters. The van der Waals surface area contributed by atoms with E-state index in [4.69, 9.17) is 47.4 Å². The molecule has 2 saturated heterocycles. The minimum absolute atomic E-state index is 0.0147. The Morgan fingerprint density at radius 3 is 1.55 bits per heavy atom. The van der Waals surface area contributed by atoms with Crippen molar-refractivity contribution in [3.8, 4) is 0 Å². The Balaban J connectivity index is 1.41. The van der Waals surface area contributed by atoms with Crippen LogP contribution < -0.4 is 0 Å². The van der Waals surface area contributed by atoms with Gasteiger partial charge in [0, 0.05) is 34.3 Å². The zero-order valence-corrected chi connectivity index (χ0v) is 30.4. The molecule has 5 rings (SSSR count). The van der Waals surface area contributed by atoms with E-state index in [1.165, 1.54) is 27.9 Å². The van der Waals surface area contributed by atoms with Crippen molar-refractivity contribution in [1.82, 2.24) is 0 Å². The first kappa shape index (κ1) is 40.0. The lowest BCUT2D eigenvalue weighted by Gasteiger charge is -2.46. The lowest BCUT2D eigenvalue weighted by molar-refractivity contribution is -0.333. The third kappa shape index (κ3) is 12.2. The molecule has 9 atom stereocenters. The predicted molar refractivity (Wildman–Crippen MR) is 188 cm³/mol. The van der Waals surface area contributed by atoms with E-state index in [2.05, 4.69) is 0 Å². The zero-order chi connectivity index (χ0) is 37.6. The van der Waals surface area contributed by atoms with Crippen molar-refractivity contribution in [2.24, 2.45) is 0 Å². The summed E-state index contributed by atoms with van der Waals surface area (Å²) in [6.07, 6.45) is -7.73. The molecule has 2 heterocycles. The van der Waals surface area contributed by atoms with E-state index in [-0.39, 0.29) is 39.5 Å². The molecule has 286 valence electrons. The highest BCUT2D eigenvalue weighted by Gasteiger charge is 2.50. The Bertz CT molecular complexity index is 1560. The van der Waals surface area contributed by atoms with Crippen LogP contribution in [0.15, 0.2) is 91.0 Å². The first-order valence-electron chi connectivity index (χ1n) is 17.6. The Morgan fingerprint density at radius 1 is 0.566 bits per heavy atom. The van der Waals surface area contributed by atoms with Crippen LogP contribution in [0, 0.1) is 0 Å². The fraction of sp³-hybridized carbons (Fsp3) is 0.475. The van der Waals surface area contributed by atoms with Crippen LogP contribution in [0.25, 0.3) is 0 Å². The fourth-order valence-electron chi connectivity index (χ4n) is 6.28. The van der Waals surface area contributed by atoms with E-state index in [9.17, 15) is 14.4 Å². The second kappa shape index (κ2) is 20.3. The van der Waals surface area contributed by atoms with Crippen molar-refractivity contribution in [2.45, 2.75) is 102 Å². The van der Waals surface area contributed by atoms with Crippen LogP contribution in [0.1, 0.15) is 43.9 Å². The van der Waals surface area contributed by atoms with Gasteiger partial charge in [0.2, 0.25) is 0 Å². The highest BCUT2D eigenvalue weighted by Crippen LogP contribution is 2.33. The molecule has 0 radical (unpaired) electrons. The van der Waals surface area contributed by atoms with Crippen molar-refractivity contribution in [2.75, 3.05) is 20.3 Å². The number of hydrogen-bond acceptors (Lipinski definition) is 13. The van der Waals surface area contributed by atoms with E-state index in [1.807, 2.05) is 91.0 Å². The molecule has 2 aliphatic heterocycles. The summed E-state index contributed by atoms with van der Waals surface area (Å²) in [4.78, 5) is 35.8. The van der Waals surface area contributed by atoms with Gasteiger partial charge in [-0.2, -0.15) is 0 Å². The number of benzene rings is 3. The van der Waals surface area contributed by atoms with Gasteiger partial charge >= 0.3 is 17.9 Å². The van der Waals surface area contributed by atoms with Crippen LogP contribution in [0.4, 0.5) is 0 Å². The molecule has 0 aromatic heterocycles. The molecule has 2 aliphatic rings. The first-order valence-corrected chi connectivity index (χ1v) is 17.6. The summed E-state index contributed by atoms with van der Waals surface area (Å²) in [7, 11) is 1.53. The van der Waals surface area contributed by atoms with Gasteiger partial charge in [0.05, 0.1) is 26.4 Å². The lowest BCUT2D eigenvalue weighted by Crippen LogP contribution is -2.62. The van der Waals surface area contributed by atoms with Crippen molar-refractivity contribution in [3.63, 3.8) is 0 Å². The molecular weight excluding hydrogens is 688 g/mol. The maximum atomic E-state index is 12.1. The molecule has 3 aromatic carbocycles. The van der Waals surface area contributed by atoms with Gasteiger partial charge < -0.3 is 47.4 Å². The highest BCUT2D eigenvalue weighted by atomic mass is 16.7. The zero-order valence-electron chi connectivity index (χ0n) is 30.4. The summed E-state index contributed by atoms with van der Waals surface area (Å²) in [5.74, 6) is -1.77. The summed E-state index contributed by atoms with van der Waals surface area (Å²) >= 11 is 0. The number of esters is 3. The maximum absolute atomic E-state index is 12.1. The average molecular weight is 737 g/mol. The minimum Gasteiger partial charge on any atom is -0.463 e. The van der Waals surface area contributed by atoms with E-state index in [0.717, 1.165) is 16.7 Å². The molecule has 0 bridgehead atoms. The van der Waals surface area contributed by atoms with Gasteiger partial charge in [-0.05, 0) is 16.7 Å². The molecule has 0 N–H and O–H groups in total. The third-order valence-corrected chi connectivity index (χ3v) is 8.68. The molecule has 0 spiro atoms. The Kier molecular flexibility index (Phi) is 15.3. The highest BCUT2D eigenvalue weighted by molar-refractivity contribution is 5.67. The summed E-state index contributed by atoms with van der Waals surface area (Å²) in [5.41, 5.74) is 2.86. The van der Waals surface area contributed by atoms with Gasteiger partial charge in [-0.3, -0.25) is 14.4 Å². The van der Waals surface area contributed by atoms with Crippen LogP contribution in [0.3, 0.4) is 0 Å². The number of methoxy groups -OCH3 is 1. The van der Waals surface area contributed by atoms with E-state index in [1.54, 1.807) is 0 Å². The van der Waals surface area contributed by atoms with Gasteiger partial charge in [0.15, 0.2) is 18.7 Å². The molecule has 0 amide bonds. The summed E-state index contributed by atoms with van der Waals surface area (Å²) < 4.78 is 60.9. The number of carbonyl (C=O) groups is 3. The van der Waals surface area contributed by atoms with E-state index >= 15 is 0 Å². The van der Waals surface area contributed by atoms with Gasteiger partial charge in [-0.15, -0.1) is 0 Å². The molecule has 13 heteroatoms. The van der Waals surface area contributed by atoms with Crippen LogP contribution in [0.2, 0.25) is 0 Å². The van der Waals surface area contributed by atoms with Gasteiger partial charge in [0.25, 0.3) is 0 Å². The predicted octanol–water partition coefficient (Wildman–Crippen LogP) is 4.67. The van der Waals surface area contributed by atoms with Crippen molar-refractivity contribution < 1.29 is 61.8 Å². The minimum atomic E-state index is -1.04. The molecular formula is C40H48O13. The topological polar surface area (TPSA) is 144 Å². The smallest absolute Gasteiger partial charge is 0.303 e. The number of hydrogen-bond donors (Lipinski definition) is 0. The third-order valence-electron chi connectivity index (χ3n) is 8.68. The Labute approximate surface area is 309 Å². The Hall–Kier alpha value is -4.21. The Morgan fingerprint density at radius 2 is 1.06 bits per heavy atom. The number of ether oxygens (including phenoxy) is 10. The standard InChI is InChI=1S/C40H48O13/c1-26(41)45-24-33-36(51-28(3)43)32(50-27(2)42)20-35(52-33)46-25-34-37(47-21-29-14-8-5-9-15-29)38(48-22-30-16-10-6-11-17-30)39(40(44-4)53-34)49-23-31-18-12-7-13-19-31/h5-19,32-40H,20-25H2,1-4H3/t32-,33-,34-,35-,36+,37-,38+,39-,40+/m1/s1. The maximum Gasteiger partial charge on any atom is 0.303 e. The van der Waals surface area contributed by atoms with Crippen LogP contribution in [-0.4, -0.2) is 93.5 Å². The molecule has 0 saturated carbocycles. The van der Waals surface area contributed by atoms with E-state index < -0.39 is 73.2 Å². The normalized spacial score (nSPS) is 27.1. The SMILES string of the molecule is CO[C@H]1O[C@H](CO[C@H]2C[C@@H](OC(C)=O)[C@H](OC(C)=O)[C@@H](COC(C)=O)O2)[C@@H](OCc2ccccc2)[C@H](OCc2ccccc2)[C@H]1OCc1ccccc1. The summed E-state index contributed by atoms with van der Waals surface area (Å²) in [6.45, 7) is 4.15. The molecule has 13 nitrogen and oxygen atoms in total. The monoisotopic (exact) mass is 736 g/mol. The van der Waals surface area contributed by atoms with Gasteiger partial charge in [0.1, 0.15) is 43.2 Å². The number of rotatable bonds is 17. The summed E-state index contributed by atoms with van der Waals surface area (Å²) in [5, 5.41) is 0. The second-order valence-electron chi connectivity index (χ2n) is 12.8. The van der Waals surface area contributed by atoms with Crippen molar-refractivity contribution in [3.05, 3.63) is 108 Å². The van der Waals surface area contributed by atoms with Gasteiger partial charge in [-0.1, -0.05) is 91.0 Å². The van der Waals surface area contributed by atoms with Crippen molar-refractivity contribution in [1.29, 1.82) is 0 Å². The van der Waals surface area contributed by atoms with Crippen LogP contribution >= 0.6 is 0 Å². The van der Waals surface area contributed by atoms with Crippen LogP contribution in [-0.2, 0) is 81.6 Å². The number of carbonyl (C=O) groups excluding carboxylic acids is 3. The van der Waals surface area contributed by atoms with Crippen LogP contribution in [0.5, 0.6) is 0 Å². The first-order chi connectivity index (χ1) is 25.7. The largest absolute Gasteiger partial charge is 0.463 e. The van der Waals surface area contributed by atoms with E-state index in [0.29, 0.717) is 0 Å². The quantitative estimate of drug-likeness (QED) is 0.140. The van der Waals surface area contributed by atoms with Gasteiger partial charge in [-0.25, -0.2) is 0 Å². The lowest BCUT2D eigenvalue weighted by atomic mass is 9.97. The molecule has 3 aromatic rings. The second-order valence-corrected chi connectivity index (χ2v) is 12.8. The molecule has 0 aliphatic carbocycles. The van der Waals surface area contributed by atoms with Crippen molar-refractivity contribution >= 4 is 17.9 Å². The average Bonchev–Trinajstić information content (AvgIpc) is 3.15.